The predicted octanol–water partition coefficient (Wildman–Crippen LogP) is 0.836. The summed E-state index contributed by atoms with van der Waals surface area (Å²) in [4.78, 5) is 27.3. The van der Waals surface area contributed by atoms with Gasteiger partial charge < -0.3 is 10.2 Å². The van der Waals surface area contributed by atoms with Crippen molar-refractivity contribution in [2.24, 2.45) is 0 Å². The van der Waals surface area contributed by atoms with Gasteiger partial charge in [0.05, 0.1) is 6.54 Å². The maximum absolute atomic E-state index is 12.1. The van der Waals surface area contributed by atoms with Crippen molar-refractivity contribution >= 4 is 29.1 Å². The molecule has 0 unspecified atom stereocenters. The van der Waals surface area contributed by atoms with Crippen LogP contribution in [0.15, 0.2) is 24.3 Å². The number of halogens is 1. The zero-order valence-electron chi connectivity index (χ0n) is 12.2. The fourth-order valence-corrected chi connectivity index (χ4v) is 2.47. The Morgan fingerprint density at radius 1 is 1.43 bits per heavy atom. The van der Waals surface area contributed by atoms with Crippen molar-refractivity contribution in [1.29, 1.82) is 0 Å². The quantitative estimate of drug-likeness (QED) is 0.792. The molecule has 0 aromatic heterocycles. The minimum atomic E-state index is -0.0702. The third-order valence-corrected chi connectivity index (χ3v) is 3.73. The molecule has 0 atom stereocenters. The van der Waals surface area contributed by atoms with Crippen LogP contribution in [-0.4, -0.2) is 43.0 Å². The monoisotopic (exact) mass is 310 g/mol. The van der Waals surface area contributed by atoms with Gasteiger partial charge in [0.1, 0.15) is 13.2 Å². The van der Waals surface area contributed by atoms with Gasteiger partial charge in [-0.25, -0.2) is 0 Å². The van der Waals surface area contributed by atoms with Gasteiger partial charge in [0.2, 0.25) is 5.91 Å². The number of carbonyl (C=O) groups is 2. The van der Waals surface area contributed by atoms with Gasteiger partial charge in [0.25, 0.3) is 5.91 Å². The molecule has 1 aromatic carbocycles. The summed E-state index contributed by atoms with van der Waals surface area (Å²) in [6, 6.07) is 7.12. The summed E-state index contributed by atoms with van der Waals surface area (Å²) in [5.41, 5.74) is 0.734. The van der Waals surface area contributed by atoms with Gasteiger partial charge in [-0.3, -0.25) is 14.5 Å². The summed E-state index contributed by atoms with van der Waals surface area (Å²) >= 11 is 5.94. The van der Waals surface area contributed by atoms with Gasteiger partial charge in [-0.2, -0.15) is 0 Å². The van der Waals surface area contributed by atoms with Crippen LogP contribution in [-0.2, 0) is 9.59 Å². The van der Waals surface area contributed by atoms with Crippen molar-refractivity contribution in [3.8, 4) is 0 Å². The van der Waals surface area contributed by atoms with Crippen molar-refractivity contribution in [2.75, 3.05) is 31.2 Å². The molecule has 1 aliphatic heterocycles. The highest BCUT2D eigenvalue weighted by molar-refractivity contribution is 6.30. The van der Waals surface area contributed by atoms with E-state index in [1.807, 2.05) is 11.4 Å². The van der Waals surface area contributed by atoms with Crippen LogP contribution in [0, 0.1) is 0 Å². The zero-order chi connectivity index (χ0) is 15.2. The van der Waals surface area contributed by atoms with E-state index in [-0.39, 0.29) is 18.4 Å². The normalized spacial score (nSPS) is 14.9. The Morgan fingerprint density at radius 3 is 2.95 bits per heavy atom. The molecule has 2 rings (SSSR count). The molecule has 2 amide bonds. The van der Waals surface area contributed by atoms with E-state index in [2.05, 4.69) is 6.92 Å². The van der Waals surface area contributed by atoms with E-state index in [0.29, 0.717) is 18.2 Å². The third-order valence-electron chi connectivity index (χ3n) is 3.49. The van der Waals surface area contributed by atoms with Crippen LogP contribution < -0.4 is 10.2 Å². The Morgan fingerprint density at radius 2 is 2.24 bits per heavy atom. The van der Waals surface area contributed by atoms with Crippen LogP contribution in [0.25, 0.3) is 0 Å². The number of nitrogens with two attached hydrogens (primary N) is 1. The van der Waals surface area contributed by atoms with E-state index < -0.39 is 0 Å². The van der Waals surface area contributed by atoms with Gasteiger partial charge in [0.15, 0.2) is 6.54 Å². The molecule has 1 aromatic rings. The van der Waals surface area contributed by atoms with E-state index in [4.69, 9.17) is 11.6 Å². The second-order valence-corrected chi connectivity index (χ2v) is 5.61. The minimum absolute atomic E-state index is 0.00369. The minimum Gasteiger partial charge on any atom is -0.338 e. The molecule has 0 aliphatic carbocycles. The lowest BCUT2D eigenvalue weighted by Crippen LogP contribution is -2.86. The molecule has 0 saturated carbocycles. The Kier molecular flexibility index (Phi) is 5.59. The Hall–Kier alpha value is -1.59. The topological polar surface area (TPSA) is 57.2 Å². The van der Waals surface area contributed by atoms with Crippen molar-refractivity contribution in [2.45, 2.75) is 19.8 Å². The number of quaternary nitrogens is 1. The smallest absolute Gasteiger partial charge is 0.279 e. The van der Waals surface area contributed by atoms with Crippen LogP contribution in [0.3, 0.4) is 0 Å². The summed E-state index contributed by atoms with van der Waals surface area (Å²) in [5.74, 6) is -0.0665. The molecule has 114 valence electrons. The molecule has 5 nitrogen and oxygen atoms in total. The highest BCUT2D eigenvalue weighted by Crippen LogP contribution is 2.22. The number of rotatable bonds is 6. The van der Waals surface area contributed by atoms with E-state index in [1.54, 1.807) is 28.0 Å². The molecule has 6 heteroatoms. The van der Waals surface area contributed by atoms with E-state index in [0.717, 1.165) is 25.1 Å². The number of amides is 2. The molecule has 1 fully saturated rings. The molecule has 2 N–H and O–H groups in total. The van der Waals surface area contributed by atoms with Gasteiger partial charge in [-0.1, -0.05) is 31.0 Å². The maximum Gasteiger partial charge on any atom is 0.279 e. The Bertz CT molecular complexity index is 521. The summed E-state index contributed by atoms with van der Waals surface area (Å²) in [6.07, 6.45) is 2.22. The lowest BCUT2D eigenvalue weighted by atomic mass is 10.3. The molecule has 0 spiro atoms. The predicted molar refractivity (Wildman–Crippen MR) is 82.1 cm³/mol. The fourth-order valence-electron chi connectivity index (χ4n) is 2.29. The van der Waals surface area contributed by atoms with Crippen LogP contribution in [0.2, 0.25) is 5.02 Å². The number of nitrogens with zero attached hydrogens (tertiary/aromatic N) is 2. The molecule has 0 bridgehead atoms. The number of carbonyl (C=O) groups excluding carboxylic acids is 2. The first-order valence-corrected chi connectivity index (χ1v) is 7.65. The lowest BCUT2D eigenvalue weighted by Gasteiger charge is -2.18. The standard InChI is InChI=1S/C15H20ClN3O2/c1-2-3-7-17-9-14(20)18-10-15(21)19(11-18)13-6-4-5-12(16)8-13/h4-6,8,17H,2-3,7,9-11H2,1H3/p+1. The summed E-state index contributed by atoms with van der Waals surface area (Å²) in [5, 5.41) is 2.58. The Balaban J connectivity index is 1.91. The van der Waals surface area contributed by atoms with Crippen LogP contribution in [0.4, 0.5) is 5.69 Å². The lowest BCUT2D eigenvalue weighted by molar-refractivity contribution is -0.644. The van der Waals surface area contributed by atoms with Crippen LogP contribution in [0.5, 0.6) is 0 Å². The van der Waals surface area contributed by atoms with Crippen LogP contribution >= 0.6 is 11.6 Å². The van der Waals surface area contributed by atoms with Gasteiger partial charge >= 0.3 is 0 Å². The molecule has 1 saturated heterocycles. The number of benzene rings is 1. The fraction of sp³-hybridized carbons (Fsp3) is 0.467. The molecule has 21 heavy (non-hydrogen) atoms. The number of hydrogen-bond acceptors (Lipinski definition) is 2. The van der Waals surface area contributed by atoms with Gasteiger partial charge in [-0.05, 0) is 24.6 Å². The van der Waals surface area contributed by atoms with Crippen molar-refractivity contribution in [1.82, 2.24) is 4.90 Å². The van der Waals surface area contributed by atoms with Crippen molar-refractivity contribution in [3.05, 3.63) is 29.3 Å². The maximum atomic E-state index is 12.1. The molecule has 1 heterocycles. The SMILES string of the molecule is CCCC[NH2+]CC(=O)N1CC(=O)N(c2cccc(Cl)c2)C1. The van der Waals surface area contributed by atoms with Gasteiger partial charge in [-0.15, -0.1) is 0 Å². The molecule has 0 radical (unpaired) electrons. The highest BCUT2D eigenvalue weighted by atomic mass is 35.5. The first-order chi connectivity index (χ1) is 10.1. The van der Waals surface area contributed by atoms with E-state index >= 15 is 0 Å². The average Bonchev–Trinajstić information content (AvgIpc) is 2.85. The largest absolute Gasteiger partial charge is 0.338 e. The first kappa shape index (κ1) is 15.8. The number of anilines is 1. The second kappa shape index (κ2) is 7.43. The first-order valence-electron chi connectivity index (χ1n) is 7.27. The highest BCUT2D eigenvalue weighted by Gasteiger charge is 2.32. The van der Waals surface area contributed by atoms with E-state index in [9.17, 15) is 9.59 Å². The molecule has 1 aliphatic rings. The number of hydrogen-bond donors (Lipinski definition) is 1. The summed E-state index contributed by atoms with van der Waals surface area (Å²) in [6.45, 7) is 3.92. The number of unbranched alkanes of at least 4 members (excludes halogenated alkanes) is 1. The molecular formula is C15H21ClN3O2+. The second-order valence-electron chi connectivity index (χ2n) is 5.17. The molecular weight excluding hydrogens is 290 g/mol. The average molecular weight is 311 g/mol. The third kappa shape index (κ3) is 4.19. The van der Waals surface area contributed by atoms with Crippen LogP contribution in [0.1, 0.15) is 19.8 Å². The van der Waals surface area contributed by atoms with Crippen molar-refractivity contribution in [3.63, 3.8) is 0 Å². The van der Waals surface area contributed by atoms with E-state index in [1.165, 1.54) is 0 Å². The van der Waals surface area contributed by atoms with Gasteiger partial charge in [0, 0.05) is 10.7 Å². The summed E-state index contributed by atoms with van der Waals surface area (Å²) < 4.78 is 0. The zero-order valence-corrected chi connectivity index (χ0v) is 13.0. The Labute approximate surface area is 129 Å². The summed E-state index contributed by atoms with van der Waals surface area (Å²) in [7, 11) is 0. The van der Waals surface area contributed by atoms with Crippen molar-refractivity contribution < 1.29 is 14.9 Å².